The lowest BCUT2D eigenvalue weighted by molar-refractivity contribution is 0.455. The van der Waals surface area contributed by atoms with Gasteiger partial charge in [0.25, 0.3) is 0 Å². The third-order valence-corrected chi connectivity index (χ3v) is 4.29. The van der Waals surface area contributed by atoms with Gasteiger partial charge in [0.2, 0.25) is 0 Å². The molecule has 0 amide bonds. The molecule has 3 aromatic rings. The summed E-state index contributed by atoms with van der Waals surface area (Å²) in [5.41, 5.74) is 6.26. The van der Waals surface area contributed by atoms with Gasteiger partial charge in [-0.3, -0.25) is 0 Å². The molecule has 0 radical (unpaired) electrons. The molecule has 0 fully saturated rings. The van der Waals surface area contributed by atoms with Crippen LogP contribution in [0, 0.1) is 0 Å². The largest absolute Gasteiger partial charge is 0.464 e. The second-order valence-electron chi connectivity index (χ2n) is 4.32. The molecule has 0 saturated carbocycles. The average molecular weight is 257 g/mol. The second-order valence-corrected chi connectivity index (χ2v) is 5.44. The molecule has 3 heteroatoms. The van der Waals surface area contributed by atoms with Crippen molar-refractivity contribution in [3.05, 3.63) is 58.9 Å². The molecule has 0 aliphatic carbocycles. The predicted molar refractivity (Wildman–Crippen MR) is 75.9 cm³/mol. The van der Waals surface area contributed by atoms with Crippen LogP contribution in [0.3, 0.4) is 0 Å². The van der Waals surface area contributed by atoms with Gasteiger partial charge in [0.1, 0.15) is 11.5 Å². The molecular formula is C15H15NOS. The molecule has 3 rings (SSSR count). The van der Waals surface area contributed by atoms with Gasteiger partial charge in [0.15, 0.2) is 0 Å². The molecule has 1 unspecified atom stereocenters. The number of nitrogens with two attached hydrogens (primary N) is 1. The number of benzene rings is 1. The first-order valence-corrected chi connectivity index (χ1v) is 6.92. The van der Waals surface area contributed by atoms with Crippen LogP contribution in [0.1, 0.15) is 29.4 Å². The molecule has 2 heterocycles. The Hall–Kier alpha value is -1.58. The Bertz CT molecular complexity index is 635. The fourth-order valence-corrected chi connectivity index (χ4v) is 3.12. The van der Waals surface area contributed by atoms with Crippen molar-refractivity contribution in [3.8, 4) is 0 Å². The Morgan fingerprint density at radius 3 is 2.78 bits per heavy atom. The summed E-state index contributed by atoms with van der Waals surface area (Å²) in [5, 5.41) is 1.25. The number of aryl methyl sites for hydroxylation is 1. The van der Waals surface area contributed by atoms with Crippen LogP contribution < -0.4 is 5.73 Å². The van der Waals surface area contributed by atoms with Crippen LogP contribution in [0.2, 0.25) is 0 Å². The van der Waals surface area contributed by atoms with E-state index in [-0.39, 0.29) is 6.04 Å². The van der Waals surface area contributed by atoms with Gasteiger partial charge in [-0.2, -0.15) is 0 Å². The van der Waals surface area contributed by atoms with Gasteiger partial charge < -0.3 is 10.2 Å². The zero-order valence-electron chi connectivity index (χ0n) is 10.2. The van der Waals surface area contributed by atoms with E-state index in [1.165, 1.54) is 10.1 Å². The molecule has 0 saturated heterocycles. The van der Waals surface area contributed by atoms with Gasteiger partial charge in [-0.15, -0.1) is 11.3 Å². The lowest BCUT2D eigenvalue weighted by atomic mass is 10.2. The standard InChI is InChI=1S/C15H15NOS/c1-2-11-7-8-12(17-11)15(16)14-9-10-5-3-4-6-13(10)18-14/h3-9,15H,2,16H2,1H3. The molecule has 2 N–H and O–H groups in total. The summed E-state index contributed by atoms with van der Waals surface area (Å²) in [6, 6.07) is 14.3. The summed E-state index contributed by atoms with van der Waals surface area (Å²) in [4.78, 5) is 1.15. The first kappa shape index (κ1) is 11.5. The van der Waals surface area contributed by atoms with Gasteiger partial charge in [-0.25, -0.2) is 0 Å². The summed E-state index contributed by atoms with van der Waals surface area (Å²) >= 11 is 1.73. The Kier molecular flexibility index (Phi) is 2.94. The van der Waals surface area contributed by atoms with Crippen LogP contribution in [0.25, 0.3) is 10.1 Å². The van der Waals surface area contributed by atoms with Crippen LogP contribution >= 0.6 is 11.3 Å². The van der Waals surface area contributed by atoms with Gasteiger partial charge in [-0.05, 0) is 29.7 Å². The molecule has 1 atom stereocenters. The van der Waals surface area contributed by atoms with Crippen molar-refractivity contribution < 1.29 is 4.42 Å². The van der Waals surface area contributed by atoms with Crippen molar-refractivity contribution in [2.24, 2.45) is 5.73 Å². The second kappa shape index (κ2) is 4.59. The Morgan fingerprint density at radius 1 is 1.22 bits per heavy atom. The number of furan rings is 1. The maximum atomic E-state index is 6.26. The van der Waals surface area contributed by atoms with E-state index in [0.717, 1.165) is 22.8 Å². The molecule has 1 aromatic carbocycles. The van der Waals surface area contributed by atoms with Crippen LogP contribution in [-0.2, 0) is 6.42 Å². The van der Waals surface area contributed by atoms with E-state index in [1.807, 2.05) is 18.2 Å². The van der Waals surface area contributed by atoms with Gasteiger partial charge in [0.05, 0.1) is 6.04 Å². The van der Waals surface area contributed by atoms with E-state index < -0.39 is 0 Å². The molecule has 0 aliphatic rings. The van der Waals surface area contributed by atoms with Crippen molar-refractivity contribution >= 4 is 21.4 Å². The fourth-order valence-electron chi connectivity index (χ4n) is 2.05. The van der Waals surface area contributed by atoms with Crippen molar-refractivity contribution in [2.75, 3.05) is 0 Å². The van der Waals surface area contributed by atoms with E-state index in [1.54, 1.807) is 11.3 Å². The number of rotatable bonds is 3. The zero-order valence-corrected chi connectivity index (χ0v) is 11.0. The minimum absolute atomic E-state index is 0.164. The number of thiophene rings is 1. The van der Waals surface area contributed by atoms with Gasteiger partial charge in [-0.1, -0.05) is 25.1 Å². The topological polar surface area (TPSA) is 39.2 Å². The molecule has 0 bridgehead atoms. The van der Waals surface area contributed by atoms with Crippen LogP contribution in [0.15, 0.2) is 46.9 Å². The smallest absolute Gasteiger partial charge is 0.126 e. The van der Waals surface area contributed by atoms with E-state index >= 15 is 0 Å². The maximum Gasteiger partial charge on any atom is 0.126 e. The first-order valence-electron chi connectivity index (χ1n) is 6.10. The summed E-state index contributed by atoms with van der Waals surface area (Å²) < 4.78 is 7.00. The lowest BCUT2D eigenvalue weighted by Gasteiger charge is -2.05. The summed E-state index contributed by atoms with van der Waals surface area (Å²) in [5.74, 6) is 1.83. The molecule has 2 nitrogen and oxygen atoms in total. The molecule has 92 valence electrons. The van der Waals surface area contributed by atoms with Crippen molar-refractivity contribution in [3.63, 3.8) is 0 Å². The average Bonchev–Trinajstić information content (AvgIpc) is 3.04. The summed E-state index contributed by atoms with van der Waals surface area (Å²) in [6.45, 7) is 2.08. The molecule has 18 heavy (non-hydrogen) atoms. The van der Waals surface area contributed by atoms with E-state index in [2.05, 4.69) is 31.2 Å². The number of fused-ring (bicyclic) bond motifs is 1. The van der Waals surface area contributed by atoms with E-state index in [0.29, 0.717) is 0 Å². The minimum atomic E-state index is -0.164. The molecule has 0 aliphatic heterocycles. The van der Waals surface area contributed by atoms with Crippen LogP contribution in [-0.4, -0.2) is 0 Å². The van der Waals surface area contributed by atoms with Crippen LogP contribution in [0.4, 0.5) is 0 Å². The zero-order chi connectivity index (χ0) is 12.5. The third kappa shape index (κ3) is 1.96. The predicted octanol–water partition coefficient (Wildman–Crippen LogP) is 4.10. The Labute approximate surface area is 110 Å². The first-order chi connectivity index (χ1) is 8.78. The molecular weight excluding hydrogens is 242 g/mol. The lowest BCUT2D eigenvalue weighted by Crippen LogP contribution is -2.08. The van der Waals surface area contributed by atoms with Crippen molar-refractivity contribution in [1.29, 1.82) is 0 Å². The van der Waals surface area contributed by atoms with E-state index in [4.69, 9.17) is 10.2 Å². The fraction of sp³-hybridized carbons (Fsp3) is 0.200. The highest BCUT2D eigenvalue weighted by atomic mass is 32.1. The highest BCUT2D eigenvalue weighted by Crippen LogP contribution is 2.32. The maximum absolute atomic E-state index is 6.26. The Balaban J connectivity index is 1.98. The monoisotopic (exact) mass is 257 g/mol. The highest BCUT2D eigenvalue weighted by molar-refractivity contribution is 7.19. The van der Waals surface area contributed by atoms with Gasteiger partial charge in [0, 0.05) is 16.0 Å². The number of hydrogen-bond acceptors (Lipinski definition) is 3. The Morgan fingerprint density at radius 2 is 2.06 bits per heavy atom. The summed E-state index contributed by atoms with van der Waals surface area (Å²) in [6.07, 6.45) is 0.902. The quantitative estimate of drug-likeness (QED) is 0.767. The van der Waals surface area contributed by atoms with Gasteiger partial charge >= 0.3 is 0 Å². The highest BCUT2D eigenvalue weighted by Gasteiger charge is 2.15. The summed E-state index contributed by atoms with van der Waals surface area (Å²) in [7, 11) is 0. The number of hydrogen-bond donors (Lipinski definition) is 1. The van der Waals surface area contributed by atoms with Crippen molar-refractivity contribution in [2.45, 2.75) is 19.4 Å². The minimum Gasteiger partial charge on any atom is -0.464 e. The SMILES string of the molecule is CCc1ccc(C(N)c2cc3ccccc3s2)o1. The molecule has 0 spiro atoms. The normalized spacial score (nSPS) is 13.0. The third-order valence-electron chi connectivity index (χ3n) is 3.09. The van der Waals surface area contributed by atoms with Crippen molar-refractivity contribution in [1.82, 2.24) is 0 Å². The molecule has 2 aromatic heterocycles. The van der Waals surface area contributed by atoms with Crippen LogP contribution in [0.5, 0.6) is 0 Å². The van der Waals surface area contributed by atoms with E-state index in [9.17, 15) is 0 Å².